The molecule has 1 aromatic heterocycles. The summed E-state index contributed by atoms with van der Waals surface area (Å²) in [6.07, 6.45) is 3.77. The van der Waals surface area contributed by atoms with Gasteiger partial charge >= 0.3 is 0 Å². The van der Waals surface area contributed by atoms with Crippen molar-refractivity contribution in [2.24, 2.45) is 0 Å². The van der Waals surface area contributed by atoms with Crippen molar-refractivity contribution in [1.29, 1.82) is 0 Å². The average molecular weight is 575 g/mol. The zero-order chi connectivity index (χ0) is 26.8. The van der Waals surface area contributed by atoms with E-state index in [1.807, 2.05) is 0 Å². The van der Waals surface area contributed by atoms with Crippen LogP contribution in [0.5, 0.6) is 0 Å². The van der Waals surface area contributed by atoms with Gasteiger partial charge in [-0.15, -0.1) is 0 Å². The van der Waals surface area contributed by atoms with E-state index in [4.69, 9.17) is 39.6 Å². The molecule has 3 aromatic rings. The number of aliphatic hydroxyl groups excluding tert-OH is 1. The Hall–Kier alpha value is -2.68. The van der Waals surface area contributed by atoms with Crippen LogP contribution in [0.15, 0.2) is 60.8 Å². The third kappa shape index (κ3) is 5.40. The van der Waals surface area contributed by atoms with Crippen molar-refractivity contribution in [2.45, 2.75) is 56.4 Å². The Labute approximate surface area is 235 Å². The minimum atomic E-state index is -0.861. The molecule has 0 bridgehead atoms. The topological polar surface area (TPSA) is 91.8 Å². The minimum Gasteiger partial charge on any atom is -0.391 e. The zero-order valence-electron chi connectivity index (χ0n) is 20.3. The first kappa shape index (κ1) is 26.9. The molecule has 1 aliphatic heterocycles. The molecule has 2 N–H and O–H groups in total. The second-order valence-corrected chi connectivity index (χ2v) is 10.8. The largest absolute Gasteiger partial charge is 0.391 e. The number of hydroxylamine groups is 1. The summed E-state index contributed by atoms with van der Waals surface area (Å²) in [7, 11) is 0. The number of aromatic nitrogens is 1. The van der Waals surface area contributed by atoms with E-state index in [2.05, 4.69) is 10.5 Å². The van der Waals surface area contributed by atoms with Crippen molar-refractivity contribution in [1.82, 2.24) is 15.4 Å². The molecule has 1 saturated carbocycles. The van der Waals surface area contributed by atoms with Crippen LogP contribution < -0.4 is 5.48 Å². The highest BCUT2D eigenvalue weighted by Crippen LogP contribution is 2.47. The van der Waals surface area contributed by atoms with Crippen molar-refractivity contribution in [2.75, 3.05) is 0 Å². The number of nitrogens with zero attached hydrogens (tertiary/aromatic N) is 2. The highest BCUT2D eigenvalue weighted by atomic mass is 35.5. The van der Waals surface area contributed by atoms with Crippen LogP contribution in [0.1, 0.15) is 64.7 Å². The second kappa shape index (κ2) is 11.6. The average Bonchev–Trinajstić information content (AvgIpc) is 2.90. The summed E-state index contributed by atoms with van der Waals surface area (Å²) >= 11 is 18.7. The number of nitrogens with one attached hydrogen (secondary N) is 1. The van der Waals surface area contributed by atoms with E-state index in [1.165, 1.54) is 0 Å². The number of carbonyl (C=O) groups is 2. The van der Waals surface area contributed by atoms with E-state index in [1.54, 1.807) is 65.7 Å². The normalized spacial score (nSPS) is 23.2. The number of amides is 2. The van der Waals surface area contributed by atoms with Gasteiger partial charge in [0.25, 0.3) is 11.8 Å². The molecule has 2 amide bonds. The first-order chi connectivity index (χ1) is 18.3. The van der Waals surface area contributed by atoms with Gasteiger partial charge in [-0.2, -0.15) is 0 Å². The van der Waals surface area contributed by atoms with Gasteiger partial charge in [0.2, 0.25) is 0 Å². The number of benzene rings is 2. The zero-order valence-corrected chi connectivity index (χ0v) is 22.6. The monoisotopic (exact) mass is 573 g/mol. The van der Waals surface area contributed by atoms with Crippen LogP contribution in [0.4, 0.5) is 0 Å². The molecule has 2 heterocycles. The number of aliphatic hydroxyl groups is 1. The summed E-state index contributed by atoms with van der Waals surface area (Å²) in [4.78, 5) is 39.1. The Morgan fingerprint density at radius 1 is 1.05 bits per heavy atom. The lowest BCUT2D eigenvalue weighted by Gasteiger charge is -2.48. The number of hydrogen-bond donors (Lipinski definition) is 2. The number of hydrogen-bond acceptors (Lipinski definition) is 5. The lowest BCUT2D eigenvalue weighted by molar-refractivity contribution is -0.138. The molecule has 2 aromatic carbocycles. The van der Waals surface area contributed by atoms with Crippen LogP contribution in [0.25, 0.3) is 0 Å². The lowest BCUT2D eigenvalue weighted by Crippen LogP contribution is -2.55. The molecule has 198 valence electrons. The number of rotatable bonds is 6. The summed E-state index contributed by atoms with van der Waals surface area (Å²) in [5.41, 5.74) is 4.83. The van der Waals surface area contributed by atoms with E-state index in [0.29, 0.717) is 44.7 Å². The molecule has 0 radical (unpaired) electrons. The van der Waals surface area contributed by atoms with E-state index >= 15 is 0 Å². The molecule has 0 spiro atoms. The SMILES string of the molecule is O=C(NOCc1ccc(Cl)nc1)[C@@H]1c2ccccc2C(=O)N([C@H]2CCCC[C@@H]2O)[C@H]1c1ccc(Cl)cc1Cl. The van der Waals surface area contributed by atoms with Gasteiger partial charge in [-0.05, 0) is 53.8 Å². The highest BCUT2D eigenvalue weighted by molar-refractivity contribution is 6.35. The number of pyridine rings is 1. The van der Waals surface area contributed by atoms with Crippen molar-refractivity contribution < 1.29 is 19.5 Å². The third-order valence-electron chi connectivity index (χ3n) is 7.19. The smallest absolute Gasteiger partial charge is 0.255 e. The molecule has 38 heavy (non-hydrogen) atoms. The quantitative estimate of drug-likeness (QED) is 0.284. The molecule has 5 rings (SSSR count). The van der Waals surface area contributed by atoms with Gasteiger partial charge < -0.3 is 10.0 Å². The van der Waals surface area contributed by atoms with E-state index in [9.17, 15) is 14.7 Å². The highest BCUT2D eigenvalue weighted by Gasteiger charge is 2.49. The Morgan fingerprint density at radius 3 is 2.58 bits per heavy atom. The van der Waals surface area contributed by atoms with Crippen molar-refractivity contribution in [3.05, 3.63) is 98.2 Å². The molecular formula is C28H26Cl3N3O4. The van der Waals surface area contributed by atoms with Crippen LogP contribution >= 0.6 is 34.8 Å². The van der Waals surface area contributed by atoms with E-state index in [-0.39, 0.29) is 12.5 Å². The van der Waals surface area contributed by atoms with Crippen LogP contribution in [0.3, 0.4) is 0 Å². The lowest BCUT2D eigenvalue weighted by atomic mass is 9.77. The molecular weight excluding hydrogens is 549 g/mol. The Morgan fingerprint density at radius 2 is 1.84 bits per heavy atom. The second-order valence-electron chi connectivity index (χ2n) is 9.55. The molecule has 1 fully saturated rings. The summed E-state index contributed by atoms with van der Waals surface area (Å²) in [5, 5.41) is 12.1. The molecule has 4 atom stereocenters. The van der Waals surface area contributed by atoms with Crippen LogP contribution in [-0.2, 0) is 16.2 Å². The fourth-order valence-electron chi connectivity index (χ4n) is 5.43. The predicted octanol–water partition coefficient (Wildman–Crippen LogP) is 5.87. The maximum absolute atomic E-state index is 14.0. The Kier molecular flexibility index (Phi) is 8.21. The molecule has 1 aliphatic carbocycles. The molecule has 7 nitrogen and oxygen atoms in total. The Balaban J connectivity index is 1.55. The van der Waals surface area contributed by atoms with E-state index in [0.717, 1.165) is 18.4 Å². The maximum Gasteiger partial charge on any atom is 0.255 e. The van der Waals surface area contributed by atoms with E-state index < -0.39 is 30.0 Å². The van der Waals surface area contributed by atoms with Crippen molar-refractivity contribution >= 4 is 46.6 Å². The van der Waals surface area contributed by atoms with Gasteiger partial charge in [-0.1, -0.05) is 78.0 Å². The van der Waals surface area contributed by atoms with Gasteiger partial charge in [0.1, 0.15) is 11.8 Å². The summed E-state index contributed by atoms with van der Waals surface area (Å²) in [6.45, 7) is 0.0701. The number of halogens is 3. The molecule has 2 aliphatic rings. The van der Waals surface area contributed by atoms with Gasteiger partial charge in [-0.25, -0.2) is 10.5 Å². The third-order valence-corrected chi connectivity index (χ3v) is 7.98. The summed E-state index contributed by atoms with van der Waals surface area (Å²) < 4.78 is 0. The van der Waals surface area contributed by atoms with Crippen molar-refractivity contribution in [3.63, 3.8) is 0 Å². The van der Waals surface area contributed by atoms with Gasteiger partial charge in [0.05, 0.1) is 24.1 Å². The van der Waals surface area contributed by atoms with Gasteiger partial charge in [0, 0.05) is 21.8 Å². The van der Waals surface area contributed by atoms with Gasteiger partial charge in [-0.3, -0.25) is 14.4 Å². The number of fused-ring (bicyclic) bond motifs is 1. The fourth-order valence-corrected chi connectivity index (χ4v) is 6.07. The van der Waals surface area contributed by atoms with Gasteiger partial charge in [0.15, 0.2) is 0 Å². The summed E-state index contributed by atoms with van der Waals surface area (Å²) in [6, 6.07) is 14.2. The molecule has 0 unspecified atom stereocenters. The molecule has 10 heteroatoms. The van der Waals surface area contributed by atoms with Crippen LogP contribution in [-0.4, -0.2) is 39.0 Å². The summed E-state index contributed by atoms with van der Waals surface area (Å²) in [5.74, 6) is -1.56. The number of carbonyl (C=O) groups excluding carboxylic acids is 2. The predicted molar refractivity (Wildman–Crippen MR) is 145 cm³/mol. The van der Waals surface area contributed by atoms with Crippen LogP contribution in [0, 0.1) is 0 Å². The fraction of sp³-hybridized carbons (Fsp3) is 0.321. The molecule has 0 saturated heterocycles. The Bertz CT molecular complexity index is 1340. The first-order valence-electron chi connectivity index (χ1n) is 12.4. The first-order valence-corrected chi connectivity index (χ1v) is 13.5. The standard InChI is InChI=1S/C28H26Cl3N3O4/c29-17-10-11-20(21(30)13-17)26-25(27(36)33-38-15-16-9-12-24(31)32-14-16)18-5-1-2-6-19(18)28(37)34(26)22-7-3-4-8-23(22)35/h1-2,5-6,9-14,22-23,25-26,35H,3-4,7-8,15H2,(H,33,36)/t22-,23-,25+,26-/m0/s1. The van der Waals surface area contributed by atoms with Crippen LogP contribution in [0.2, 0.25) is 15.2 Å². The van der Waals surface area contributed by atoms with Crippen molar-refractivity contribution in [3.8, 4) is 0 Å². The minimum absolute atomic E-state index is 0.0701. The maximum atomic E-state index is 14.0.